The topological polar surface area (TPSA) is 96.5 Å². The van der Waals surface area contributed by atoms with Crippen molar-refractivity contribution in [2.24, 2.45) is 0 Å². The van der Waals surface area contributed by atoms with E-state index in [0.717, 1.165) is 17.0 Å². The van der Waals surface area contributed by atoms with Gasteiger partial charge in [0, 0.05) is 17.8 Å². The average molecular weight is 476 g/mol. The van der Waals surface area contributed by atoms with Crippen molar-refractivity contribution in [1.82, 2.24) is 4.98 Å². The number of aromatic nitrogens is 1. The minimum atomic E-state index is -3.76. The highest BCUT2D eigenvalue weighted by atomic mass is 32.2. The summed E-state index contributed by atoms with van der Waals surface area (Å²) in [5, 5.41) is 8.96. The number of hydrogen-bond donors (Lipinski definition) is 2. The van der Waals surface area contributed by atoms with Crippen molar-refractivity contribution in [3.63, 3.8) is 0 Å². The molecule has 34 heavy (non-hydrogen) atoms. The Hall–Kier alpha value is -3.84. The Kier molecular flexibility index (Phi) is 6.84. The van der Waals surface area contributed by atoms with E-state index in [1.54, 1.807) is 24.3 Å². The van der Waals surface area contributed by atoms with Crippen molar-refractivity contribution in [3.8, 4) is 17.0 Å². The van der Waals surface area contributed by atoms with Gasteiger partial charge in [0.15, 0.2) is 0 Å². The van der Waals surface area contributed by atoms with Gasteiger partial charge >= 0.3 is 5.97 Å². The number of ether oxygens (including phenoxy) is 1. The van der Waals surface area contributed by atoms with Gasteiger partial charge in [0.25, 0.3) is 0 Å². The molecule has 0 spiro atoms. The van der Waals surface area contributed by atoms with E-state index in [9.17, 15) is 13.2 Å². The maximum Gasteiger partial charge on any atom is 0.307 e. The molecule has 0 radical (unpaired) electrons. The van der Waals surface area contributed by atoms with Gasteiger partial charge in [0.05, 0.1) is 22.8 Å². The van der Waals surface area contributed by atoms with Crippen LogP contribution in [0.25, 0.3) is 11.3 Å². The van der Waals surface area contributed by atoms with Crippen LogP contribution in [0, 0.1) is 6.92 Å². The van der Waals surface area contributed by atoms with Crippen molar-refractivity contribution < 1.29 is 23.1 Å². The summed E-state index contributed by atoms with van der Waals surface area (Å²) in [6, 6.07) is 24.5. The van der Waals surface area contributed by atoms with Gasteiger partial charge < -0.3 is 14.8 Å². The van der Waals surface area contributed by atoms with Crippen LogP contribution in [0.15, 0.2) is 94.7 Å². The first-order valence-corrected chi connectivity index (χ1v) is 12.3. The normalized spacial score (nSPS) is 11.3. The van der Waals surface area contributed by atoms with Crippen LogP contribution >= 0.6 is 0 Å². The molecule has 6 nitrogen and oxygen atoms in total. The summed E-state index contributed by atoms with van der Waals surface area (Å²) in [6.07, 6.45) is 0.481. The summed E-state index contributed by atoms with van der Waals surface area (Å²) < 4.78 is 31.7. The molecule has 3 aromatic carbocycles. The van der Waals surface area contributed by atoms with Gasteiger partial charge in [-0.1, -0.05) is 42.5 Å². The van der Waals surface area contributed by atoms with Crippen LogP contribution in [0.4, 0.5) is 0 Å². The number of nitrogens with one attached hydrogen (secondary N) is 1. The molecule has 0 aliphatic carbocycles. The third-order valence-electron chi connectivity index (χ3n) is 5.55. The maximum atomic E-state index is 12.9. The number of aromatic amines is 1. The predicted molar refractivity (Wildman–Crippen MR) is 130 cm³/mol. The minimum Gasteiger partial charge on any atom is -0.493 e. The Morgan fingerprint density at radius 2 is 1.65 bits per heavy atom. The molecule has 174 valence electrons. The average Bonchev–Trinajstić information content (AvgIpc) is 3.20. The van der Waals surface area contributed by atoms with E-state index >= 15 is 0 Å². The van der Waals surface area contributed by atoms with Gasteiger partial charge in [-0.05, 0) is 66.1 Å². The summed E-state index contributed by atoms with van der Waals surface area (Å²) in [4.78, 5) is 14.5. The number of benzene rings is 3. The third kappa shape index (κ3) is 5.38. The summed E-state index contributed by atoms with van der Waals surface area (Å²) in [5.74, 6) is -0.433. The zero-order valence-corrected chi connectivity index (χ0v) is 19.5. The predicted octanol–water partition coefficient (Wildman–Crippen LogP) is 5.07. The van der Waals surface area contributed by atoms with Crippen molar-refractivity contribution in [3.05, 3.63) is 102 Å². The molecule has 2 N–H and O–H groups in total. The van der Waals surface area contributed by atoms with Gasteiger partial charge in [-0.2, -0.15) is 0 Å². The van der Waals surface area contributed by atoms with Crippen LogP contribution in [0.5, 0.6) is 5.75 Å². The Morgan fingerprint density at radius 1 is 0.912 bits per heavy atom. The van der Waals surface area contributed by atoms with Gasteiger partial charge in [0.2, 0.25) is 9.84 Å². The molecule has 0 bridgehead atoms. The van der Waals surface area contributed by atoms with Crippen molar-refractivity contribution in [1.29, 1.82) is 0 Å². The van der Waals surface area contributed by atoms with Crippen LogP contribution in [0.2, 0.25) is 0 Å². The van der Waals surface area contributed by atoms with E-state index in [-0.39, 0.29) is 16.2 Å². The van der Waals surface area contributed by atoms with E-state index in [0.29, 0.717) is 24.3 Å². The molecule has 0 aliphatic rings. The smallest absolute Gasteiger partial charge is 0.307 e. The molecule has 0 atom stereocenters. The van der Waals surface area contributed by atoms with E-state index in [4.69, 9.17) is 9.84 Å². The molecule has 4 rings (SSSR count). The third-order valence-corrected chi connectivity index (χ3v) is 7.31. The standard InChI is InChI=1S/C27H25NO5S/c1-19-22(18-26(28-19)21-7-3-2-4-8-21)14-15-33-23-10-12-24(13-11-23)34(31,32)25-9-5-6-20(16-25)17-27(29)30/h2-13,16,18,28H,14-15,17H2,1H3,(H,29,30). The molecular weight excluding hydrogens is 450 g/mol. The lowest BCUT2D eigenvalue weighted by atomic mass is 10.1. The number of rotatable bonds is 9. The second kappa shape index (κ2) is 9.97. The highest BCUT2D eigenvalue weighted by molar-refractivity contribution is 7.91. The van der Waals surface area contributed by atoms with Crippen molar-refractivity contribution >= 4 is 15.8 Å². The first-order chi connectivity index (χ1) is 16.3. The van der Waals surface area contributed by atoms with Crippen molar-refractivity contribution in [2.45, 2.75) is 29.6 Å². The Morgan fingerprint density at radius 3 is 2.35 bits per heavy atom. The second-order valence-corrected chi connectivity index (χ2v) is 9.94. The molecular formula is C27H25NO5S. The Balaban J connectivity index is 1.40. The first kappa shape index (κ1) is 23.3. The summed E-state index contributed by atoms with van der Waals surface area (Å²) >= 11 is 0. The summed E-state index contributed by atoms with van der Waals surface area (Å²) in [6.45, 7) is 2.49. The Labute approximate surface area is 198 Å². The fourth-order valence-corrected chi connectivity index (χ4v) is 5.09. The highest BCUT2D eigenvalue weighted by Crippen LogP contribution is 2.25. The fraction of sp³-hybridized carbons (Fsp3) is 0.148. The molecule has 0 amide bonds. The zero-order valence-electron chi connectivity index (χ0n) is 18.7. The quantitative estimate of drug-likeness (QED) is 0.352. The Bertz CT molecular complexity index is 1390. The van der Waals surface area contributed by atoms with Crippen LogP contribution < -0.4 is 4.74 Å². The second-order valence-electron chi connectivity index (χ2n) is 7.99. The first-order valence-electron chi connectivity index (χ1n) is 10.9. The van der Waals surface area contributed by atoms with Crippen LogP contribution in [0.1, 0.15) is 16.8 Å². The van der Waals surface area contributed by atoms with Crippen LogP contribution in [-0.2, 0) is 27.5 Å². The minimum absolute atomic E-state index is 0.0667. The molecule has 0 fully saturated rings. The lowest BCUT2D eigenvalue weighted by Crippen LogP contribution is -2.05. The molecule has 0 saturated heterocycles. The highest BCUT2D eigenvalue weighted by Gasteiger charge is 2.18. The number of carbonyl (C=O) groups is 1. The number of carboxylic acids is 1. The van der Waals surface area contributed by atoms with Gasteiger partial charge in [-0.15, -0.1) is 0 Å². The van der Waals surface area contributed by atoms with Gasteiger partial charge in [-0.25, -0.2) is 8.42 Å². The SMILES string of the molecule is Cc1[nH]c(-c2ccccc2)cc1CCOc1ccc(S(=O)(=O)c2cccc(CC(=O)O)c2)cc1. The monoisotopic (exact) mass is 475 g/mol. The van der Waals surface area contributed by atoms with E-state index in [2.05, 4.69) is 23.2 Å². The van der Waals surface area contributed by atoms with E-state index in [1.165, 1.54) is 29.8 Å². The molecule has 0 aliphatic heterocycles. The fourth-order valence-electron chi connectivity index (χ4n) is 3.76. The number of sulfone groups is 1. The largest absolute Gasteiger partial charge is 0.493 e. The van der Waals surface area contributed by atoms with Gasteiger partial charge in [0.1, 0.15) is 5.75 Å². The van der Waals surface area contributed by atoms with Crippen LogP contribution in [0.3, 0.4) is 0 Å². The lowest BCUT2D eigenvalue weighted by molar-refractivity contribution is -0.136. The van der Waals surface area contributed by atoms with E-state index in [1.807, 2.05) is 25.1 Å². The lowest BCUT2D eigenvalue weighted by Gasteiger charge is -2.09. The summed E-state index contributed by atoms with van der Waals surface area (Å²) in [5.41, 5.74) is 4.88. The van der Waals surface area contributed by atoms with Crippen LogP contribution in [-0.4, -0.2) is 31.1 Å². The number of carboxylic acid groups (broad SMARTS) is 1. The molecule has 7 heteroatoms. The van der Waals surface area contributed by atoms with Gasteiger partial charge in [-0.3, -0.25) is 4.79 Å². The van der Waals surface area contributed by atoms with Crippen molar-refractivity contribution in [2.75, 3.05) is 6.61 Å². The number of hydrogen-bond acceptors (Lipinski definition) is 4. The summed E-state index contributed by atoms with van der Waals surface area (Å²) in [7, 11) is -3.76. The number of aryl methyl sites for hydroxylation is 1. The number of aliphatic carboxylic acids is 1. The molecule has 4 aromatic rings. The maximum absolute atomic E-state index is 12.9. The molecule has 0 unspecified atom stereocenters. The molecule has 1 aromatic heterocycles. The molecule has 1 heterocycles. The molecule has 0 saturated carbocycles. The number of H-pyrrole nitrogens is 1. The zero-order chi connectivity index (χ0) is 24.1. The van der Waals surface area contributed by atoms with E-state index < -0.39 is 15.8 Å².